The summed E-state index contributed by atoms with van der Waals surface area (Å²) in [6.45, 7) is 2.99. The van der Waals surface area contributed by atoms with Crippen LogP contribution in [0.1, 0.15) is 12.5 Å². The molecule has 3 aromatic rings. The monoisotopic (exact) mass is 461 g/mol. The zero-order valence-corrected chi connectivity index (χ0v) is 18.1. The Morgan fingerprint density at radius 3 is 2.46 bits per heavy atom. The van der Waals surface area contributed by atoms with Crippen LogP contribution in [0.15, 0.2) is 45.3 Å². The molecule has 0 fully saturated rings. The number of benzene rings is 1. The van der Waals surface area contributed by atoms with E-state index in [0.717, 1.165) is 6.26 Å². The van der Waals surface area contributed by atoms with E-state index in [1.807, 2.05) is 0 Å². The summed E-state index contributed by atoms with van der Waals surface area (Å²) in [4.78, 5) is 12.1. The molecule has 2 heterocycles. The highest BCUT2D eigenvalue weighted by Gasteiger charge is 2.22. The summed E-state index contributed by atoms with van der Waals surface area (Å²) in [6.07, 6.45) is 2.28. The number of sulfone groups is 1. The Bertz CT molecular complexity index is 1220. The average Bonchev–Trinajstić information content (AvgIpc) is 2.81. The average molecular weight is 462 g/mol. The van der Waals surface area contributed by atoms with Gasteiger partial charge in [0.25, 0.3) is 0 Å². The van der Waals surface area contributed by atoms with Gasteiger partial charge in [-0.1, -0.05) is 35.0 Å². The molecule has 0 spiro atoms. The van der Waals surface area contributed by atoms with Crippen LogP contribution in [-0.2, 0) is 14.6 Å². The highest BCUT2D eigenvalue weighted by molar-refractivity contribution is 7.99. The van der Waals surface area contributed by atoms with Crippen molar-refractivity contribution >= 4 is 56.3 Å². The lowest BCUT2D eigenvalue weighted by molar-refractivity contribution is -0.131. The van der Waals surface area contributed by atoms with Crippen molar-refractivity contribution in [2.75, 3.05) is 6.26 Å². The Morgan fingerprint density at radius 2 is 1.89 bits per heavy atom. The summed E-state index contributed by atoms with van der Waals surface area (Å²) < 4.78 is 44.3. The molecule has 0 aliphatic carbocycles. The quantitative estimate of drug-likeness (QED) is 0.501. The molecule has 28 heavy (non-hydrogen) atoms. The van der Waals surface area contributed by atoms with Crippen molar-refractivity contribution < 1.29 is 22.3 Å². The van der Waals surface area contributed by atoms with Gasteiger partial charge in [0.05, 0.1) is 25.5 Å². The van der Waals surface area contributed by atoms with E-state index >= 15 is 0 Å². The Hall–Kier alpha value is -1.74. The molecule has 0 aliphatic heterocycles. The van der Waals surface area contributed by atoms with E-state index in [1.165, 1.54) is 47.5 Å². The van der Waals surface area contributed by atoms with E-state index in [2.05, 4.69) is 0 Å². The molecule has 0 bridgehead atoms. The lowest BCUT2D eigenvalue weighted by atomic mass is 10.3. The van der Waals surface area contributed by atoms with E-state index in [9.17, 15) is 17.6 Å². The van der Waals surface area contributed by atoms with Gasteiger partial charge in [-0.05, 0) is 31.2 Å². The molecular formula is C18H14Cl2FNO4S2. The van der Waals surface area contributed by atoms with E-state index in [4.69, 9.17) is 27.9 Å². The third kappa shape index (κ3) is 4.00. The van der Waals surface area contributed by atoms with E-state index in [1.54, 1.807) is 13.0 Å². The topological polar surface area (TPSA) is 64.9 Å². The lowest BCUT2D eigenvalue weighted by Crippen LogP contribution is -2.02. The predicted octanol–water partition coefficient (Wildman–Crippen LogP) is 5.17. The van der Waals surface area contributed by atoms with Crippen LogP contribution in [0.5, 0.6) is 5.75 Å². The summed E-state index contributed by atoms with van der Waals surface area (Å²) in [5.41, 5.74) is 1.01. The number of carbonyl (C=O) groups is 1. The number of pyridine rings is 1. The first kappa shape index (κ1) is 21.0. The molecule has 148 valence electrons. The van der Waals surface area contributed by atoms with Crippen LogP contribution in [0.2, 0.25) is 10.0 Å². The number of fused-ring (bicyclic) bond motifs is 1. The van der Waals surface area contributed by atoms with Gasteiger partial charge in [-0.3, -0.25) is 4.79 Å². The van der Waals surface area contributed by atoms with Crippen LogP contribution in [0.3, 0.4) is 0 Å². The molecule has 10 heteroatoms. The second-order valence-corrected chi connectivity index (χ2v) is 9.90. The fourth-order valence-electron chi connectivity index (χ4n) is 2.61. The van der Waals surface area contributed by atoms with Crippen LogP contribution in [-0.4, -0.2) is 25.0 Å². The van der Waals surface area contributed by atoms with Crippen molar-refractivity contribution in [2.45, 2.75) is 28.7 Å². The van der Waals surface area contributed by atoms with Crippen LogP contribution in [0, 0.1) is 12.7 Å². The van der Waals surface area contributed by atoms with Crippen LogP contribution in [0.25, 0.3) is 5.52 Å². The third-order valence-electron chi connectivity index (χ3n) is 3.89. The number of aromatic nitrogens is 1. The van der Waals surface area contributed by atoms with Gasteiger partial charge in [0, 0.05) is 29.8 Å². The van der Waals surface area contributed by atoms with Crippen LogP contribution in [0.4, 0.5) is 4.39 Å². The molecule has 0 unspecified atom stereocenters. The minimum absolute atomic E-state index is 0.0945. The van der Waals surface area contributed by atoms with Gasteiger partial charge in [-0.2, -0.15) is 0 Å². The maximum absolute atomic E-state index is 14.1. The van der Waals surface area contributed by atoms with Crippen LogP contribution >= 0.6 is 35.0 Å². The number of nitrogens with zero attached hydrogens (tertiary/aromatic N) is 1. The molecule has 0 saturated heterocycles. The maximum Gasteiger partial charge on any atom is 0.308 e. The van der Waals surface area contributed by atoms with Gasteiger partial charge in [-0.15, -0.1) is 0 Å². The first-order chi connectivity index (χ1) is 13.0. The molecule has 0 radical (unpaired) electrons. The molecular weight excluding hydrogens is 448 g/mol. The van der Waals surface area contributed by atoms with Crippen molar-refractivity contribution in [2.24, 2.45) is 0 Å². The standard InChI is InChI=1S/C18H14Cl2FNO4S2/c1-9-17(26-10(2)23)15-7-12(19)14(21)8-22(15)18(9)27-16-5-4-11(6-13(16)20)28(3,24)25/h4-8H,1-3H3. The van der Waals surface area contributed by atoms with Crippen molar-refractivity contribution in [3.8, 4) is 5.75 Å². The number of halogens is 3. The van der Waals surface area contributed by atoms with E-state index in [-0.39, 0.29) is 20.7 Å². The molecule has 2 aromatic heterocycles. The van der Waals surface area contributed by atoms with E-state index < -0.39 is 21.6 Å². The van der Waals surface area contributed by atoms with Crippen LogP contribution < -0.4 is 4.74 Å². The Labute approximate surface area is 175 Å². The lowest BCUT2D eigenvalue weighted by Gasteiger charge is -2.08. The number of ether oxygens (including phenoxy) is 1. The molecule has 0 saturated carbocycles. The van der Waals surface area contributed by atoms with Gasteiger partial charge < -0.3 is 9.14 Å². The Morgan fingerprint density at radius 1 is 1.21 bits per heavy atom. The fourth-order valence-corrected chi connectivity index (χ4v) is 4.77. The highest BCUT2D eigenvalue weighted by atomic mass is 35.5. The SMILES string of the molecule is CC(=O)Oc1c(C)c(Sc2ccc(S(C)(=O)=O)cc2Cl)n2cc(F)c(Cl)cc12. The zero-order chi connectivity index (χ0) is 20.8. The summed E-state index contributed by atoms with van der Waals surface area (Å²) in [5.74, 6) is -0.900. The molecule has 1 aromatic carbocycles. The Balaban J connectivity index is 2.17. The predicted molar refractivity (Wildman–Crippen MR) is 107 cm³/mol. The molecule has 0 amide bonds. The third-order valence-corrected chi connectivity index (χ3v) is 6.99. The second kappa shape index (κ2) is 7.59. The van der Waals surface area contributed by atoms with E-state index in [0.29, 0.717) is 21.0 Å². The fraction of sp³-hybridized carbons (Fsp3) is 0.167. The van der Waals surface area contributed by atoms with Gasteiger partial charge >= 0.3 is 5.97 Å². The van der Waals surface area contributed by atoms with Gasteiger partial charge in [0.1, 0.15) is 0 Å². The van der Waals surface area contributed by atoms with Gasteiger partial charge in [0.2, 0.25) is 0 Å². The maximum atomic E-state index is 14.1. The number of hydrogen-bond acceptors (Lipinski definition) is 5. The number of rotatable bonds is 4. The highest BCUT2D eigenvalue weighted by Crippen LogP contribution is 2.43. The summed E-state index contributed by atoms with van der Waals surface area (Å²) in [5, 5.41) is 0.673. The minimum Gasteiger partial charge on any atom is -0.424 e. The normalized spacial score (nSPS) is 11.8. The number of esters is 1. The molecule has 0 N–H and O–H groups in total. The molecule has 0 atom stereocenters. The smallest absolute Gasteiger partial charge is 0.308 e. The summed E-state index contributed by atoms with van der Waals surface area (Å²) >= 11 is 13.3. The molecule has 3 rings (SSSR count). The van der Waals surface area contributed by atoms with Crippen molar-refractivity contribution in [3.05, 3.63) is 51.9 Å². The second-order valence-electron chi connectivity index (χ2n) is 6.04. The van der Waals surface area contributed by atoms with Crippen molar-refractivity contribution in [3.63, 3.8) is 0 Å². The molecule has 0 aliphatic rings. The summed E-state index contributed by atoms with van der Waals surface area (Å²) in [6, 6.07) is 5.74. The summed E-state index contributed by atoms with van der Waals surface area (Å²) in [7, 11) is -3.40. The largest absolute Gasteiger partial charge is 0.424 e. The number of carbonyl (C=O) groups excluding carboxylic acids is 1. The first-order valence-electron chi connectivity index (χ1n) is 7.84. The Kier molecular flexibility index (Phi) is 5.69. The van der Waals surface area contributed by atoms with Crippen molar-refractivity contribution in [1.82, 2.24) is 4.40 Å². The van der Waals surface area contributed by atoms with Gasteiger partial charge in [0.15, 0.2) is 21.4 Å². The van der Waals surface area contributed by atoms with Crippen molar-refractivity contribution in [1.29, 1.82) is 0 Å². The zero-order valence-electron chi connectivity index (χ0n) is 14.9. The molecule has 5 nitrogen and oxygen atoms in total. The minimum atomic E-state index is -3.40. The van der Waals surface area contributed by atoms with Gasteiger partial charge in [-0.25, -0.2) is 12.8 Å². The first-order valence-corrected chi connectivity index (χ1v) is 11.3. The number of hydrogen-bond donors (Lipinski definition) is 0.